The van der Waals surface area contributed by atoms with Crippen LogP contribution in [0.25, 0.3) is 0 Å². The summed E-state index contributed by atoms with van der Waals surface area (Å²) in [4.78, 5) is 10.1. The molecule has 0 unspecified atom stereocenters. The van der Waals surface area contributed by atoms with E-state index in [1.165, 1.54) is 12.3 Å². The minimum Gasteiger partial charge on any atom is -0.502 e. The topological polar surface area (TPSA) is 87.8 Å². The molecule has 0 aliphatic heterocycles. The number of anilines is 1. The molecule has 108 valence electrons. The average Bonchev–Trinajstić information content (AvgIpc) is 2.44. The van der Waals surface area contributed by atoms with E-state index in [9.17, 15) is 15.2 Å². The molecule has 0 radical (unpaired) electrons. The standard InChI is InChI=1S/C13H9Cl2N3O3/c14-9-5-8(13(19)12(6-9)18(20)21)7-16-17-11-4-2-1-3-10(11)15/h1-7,17,19H. The second kappa shape index (κ2) is 6.43. The van der Waals surface area contributed by atoms with Crippen molar-refractivity contribution in [3.8, 4) is 5.75 Å². The maximum atomic E-state index is 10.8. The lowest BCUT2D eigenvalue weighted by molar-refractivity contribution is -0.385. The van der Waals surface area contributed by atoms with Crippen molar-refractivity contribution in [3.05, 3.63) is 62.1 Å². The average molecular weight is 326 g/mol. The van der Waals surface area contributed by atoms with Crippen LogP contribution in [0.15, 0.2) is 41.5 Å². The van der Waals surface area contributed by atoms with Gasteiger partial charge in [-0.15, -0.1) is 0 Å². The smallest absolute Gasteiger partial charge is 0.312 e. The highest BCUT2D eigenvalue weighted by molar-refractivity contribution is 6.33. The molecule has 0 fully saturated rings. The molecule has 0 atom stereocenters. The highest BCUT2D eigenvalue weighted by atomic mass is 35.5. The normalized spacial score (nSPS) is 10.8. The van der Waals surface area contributed by atoms with Crippen molar-refractivity contribution >= 4 is 40.8 Å². The Balaban J connectivity index is 2.26. The molecule has 0 aromatic heterocycles. The molecule has 0 heterocycles. The second-order valence-electron chi connectivity index (χ2n) is 3.97. The predicted octanol–water partition coefficient (Wildman–Crippen LogP) is 4.05. The quantitative estimate of drug-likeness (QED) is 0.504. The van der Waals surface area contributed by atoms with Crippen LogP contribution < -0.4 is 5.43 Å². The van der Waals surface area contributed by atoms with Crippen molar-refractivity contribution in [2.24, 2.45) is 5.10 Å². The van der Waals surface area contributed by atoms with Crippen LogP contribution in [0, 0.1) is 10.1 Å². The van der Waals surface area contributed by atoms with Crippen LogP contribution in [0.1, 0.15) is 5.56 Å². The maximum absolute atomic E-state index is 10.8. The van der Waals surface area contributed by atoms with Gasteiger partial charge in [0.15, 0.2) is 0 Å². The number of para-hydroxylation sites is 1. The van der Waals surface area contributed by atoms with Gasteiger partial charge in [0.1, 0.15) is 0 Å². The first-order chi connectivity index (χ1) is 9.99. The van der Waals surface area contributed by atoms with E-state index >= 15 is 0 Å². The first-order valence-electron chi connectivity index (χ1n) is 5.69. The molecule has 2 N–H and O–H groups in total. The van der Waals surface area contributed by atoms with Crippen LogP contribution in [-0.2, 0) is 0 Å². The van der Waals surface area contributed by atoms with Gasteiger partial charge in [-0.05, 0) is 18.2 Å². The fraction of sp³-hybridized carbons (Fsp3) is 0. The molecule has 6 nitrogen and oxygen atoms in total. The minimum absolute atomic E-state index is 0.119. The van der Waals surface area contributed by atoms with E-state index in [0.717, 1.165) is 6.07 Å². The molecule has 0 aliphatic carbocycles. The monoisotopic (exact) mass is 325 g/mol. The van der Waals surface area contributed by atoms with E-state index in [1.807, 2.05) is 0 Å². The molecule has 0 amide bonds. The summed E-state index contributed by atoms with van der Waals surface area (Å²) in [6.45, 7) is 0. The van der Waals surface area contributed by atoms with Gasteiger partial charge in [-0.2, -0.15) is 5.10 Å². The summed E-state index contributed by atoms with van der Waals surface area (Å²) in [5, 5.41) is 25.0. The summed E-state index contributed by atoms with van der Waals surface area (Å²) < 4.78 is 0. The summed E-state index contributed by atoms with van der Waals surface area (Å²) in [7, 11) is 0. The zero-order chi connectivity index (χ0) is 15.4. The Labute approximate surface area is 129 Å². The number of nitrogens with one attached hydrogen (secondary N) is 1. The van der Waals surface area contributed by atoms with Gasteiger partial charge in [0.05, 0.1) is 21.8 Å². The van der Waals surface area contributed by atoms with Crippen LogP contribution in [0.4, 0.5) is 11.4 Å². The lowest BCUT2D eigenvalue weighted by Crippen LogP contribution is -1.95. The third-order valence-electron chi connectivity index (χ3n) is 2.54. The SMILES string of the molecule is O=[N+]([O-])c1cc(Cl)cc(C=NNc2ccccc2Cl)c1O. The molecular weight excluding hydrogens is 317 g/mol. The molecule has 0 saturated carbocycles. The molecule has 0 aliphatic rings. The fourth-order valence-electron chi connectivity index (χ4n) is 1.57. The van der Waals surface area contributed by atoms with Crippen LogP contribution in [0.5, 0.6) is 5.75 Å². The summed E-state index contributed by atoms with van der Waals surface area (Å²) in [5.74, 6) is -0.505. The predicted molar refractivity (Wildman–Crippen MR) is 82.4 cm³/mol. The van der Waals surface area contributed by atoms with Gasteiger partial charge in [0.2, 0.25) is 5.75 Å². The number of nitro benzene ring substituents is 1. The van der Waals surface area contributed by atoms with Gasteiger partial charge < -0.3 is 5.11 Å². The number of hydrogen-bond acceptors (Lipinski definition) is 5. The summed E-state index contributed by atoms with van der Waals surface area (Å²) in [5.41, 5.74) is 2.87. The number of hydrogen-bond donors (Lipinski definition) is 2. The molecule has 0 bridgehead atoms. The van der Waals surface area contributed by atoms with Gasteiger partial charge in [-0.3, -0.25) is 15.5 Å². The highest BCUT2D eigenvalue weighted by Gasteiger charge is 2.17. The molecule has 2 aromatic rings. The molecule has 8 heteroatoms. The summed E-state index contributed by atoms with van der Waals surface area (Å²) >= 11 is 11.7. The van der Waals surface area contributed by atoms with Crippen LogP contribution in [-0.4, -0.2) is 16.2 Å². The van der Waals surface area contributed by atoms with Gasteiger partial charge in [-0.1, -0.05) is 35.3 Å². The Morgan fingerprint density at radius 3 is 2.67 bits per heavy atom. The Bertz CT molecular complexity index is 720. The number of nitro groups is 1. The molecule has 0 saturated heterocycles. The number of hydrazone groups is 1. The number of aromatic hydroxyl groups is 1. The van der Waals surface area contributed by atoms with Crippen molar-refractivity contribution < 1.29 is 10.0 Å². The fourth-order valence-corrected chi connectivity index (χ4v) is 1.97. The van der Waals surface area contributed by atoms with Gasteiger partial charge in [0, 0.05) is 16.7 Å². The largest absolute Gasteiger partial charge is 0.502 e. The number of phenolic OH excluding ortho intramolecular Hbond substituents is 1. The van der Waals surface area contributed by atoms with Crippen LogP contribution in [0.2, 0.25) is 10.0 Å². The Morgan fingerprint density at radius 1 is 1.29 bits per heavy atom. The Kier molecular flexibility index (Phi) is 4.62. The molecule has 2 aromatic carbocycles. The van der Waals surface area contributed by atoms with Crippen LogP contribution in [0.3, 0.4) is 0 Å². The highest BCUT2D eigenvalue weighted by Crippen LogP contribution is 2.32. The number of rotatable bonds is 4. The minimum atomic E-state index is -0.722. The van der Waals surface area contributed by atoms with Gasteiger partial charge >= 0.3 is 5.69 Å². The summed E-state index contributed by atoms with van der Waals surface area (Å²) in [6, 6.07) is 9.35. The number of nitrogens with zero attached hydrogens (tertiary/aromatic N) is 2. The summed E-state index contributed by atoms with van der Waals surface area (Å²) in [6.07, 6.45) is 1.22. The van der Waals surface area contributed by atoms with Crippen molar-refractivity contribution in [1.29, 1.82) is 0 Å². The van der Waals surface area contributed by atoms with Crippen molar-refractivity contribution in [1.82, 2.24) is 0 Å². The van der Waals surface area contributed by atoms with E-state index in [4.69, 9.17) is 23.2 Å². The van der Waals surface area contributed by atoms with E-state index in [-0.39, 0.29) is 10.6 Å². The Hall–Kier alpha value is -2.31. The molecular formula is C13H9Cl2N3O3. The van der Waals surface area contributed by atoms with Gasteiger partial charge in [-0.25, -0.2) is 0 Å². The molecule has 2 rings (SSSR count). The van der Waals surface area contributed by atoms with E-state index in [1.54, 1.807) is 24.3 Å². The van der Waals surface area contributed by atoms with E-state index < -0.39 is 16.4 Å². The molecule has 21 heavy (non-hydrogen) atoms. The van der Waals surface area contributed by atoms with Gasteiger partial charge in [0.25, 0.3) is 0 Å². The second-order valence-corrected chi connectivity index (χ2v) is 4.81. The van der Waals surface area contributed by atoms with Crippen LogP contribution >= 0.6 is 23.2 Å². The number of halogens is 2. The van der Waals surface area contributed by atoms with Crippen molar-refractivity contribution in [3.63, 3.8) is 0 Å². The lowest BCUT2D eigenvalue weighted by atomic mass is 10.2. The first kappa shape index (κ1) is 15.1. The lowest BCUT2D eigenvalue weighted by Gasteiger charge is -2.03. The Morgan fingerprint density at radius 2 is 2.00 bits per heavy atom. The third-order valence-corrected chi connectivity index (χ3v) is 3.09. The van der Waals surface area contributed by atoms with Crippen molar-refractivity contribution in [2.45, 2.75) is 0 Å². The zero-order valence-electron chi connectivity index (χ0n) is 10.5. The number of phenols is 1. The first-order valence-corrected chi connectivity index (χ1v) is 6.45. The number of benzene rings is 2. The maximum Gasteiger partial charge on any atom is 0.312 e. The van der Waals surface area contributed by atoms with Crippen molar-refractivity contribution in [2.75, 3.05) is 5.43 Å². The van der Waals surface area contributed by atoms with E-state index in [2.05, 4.69) is 10.5 Å². The molecule has 0 spiro atoms. The zero-order valence-corrected chi connectivity index (χ0v) is 12.0. The third kappa shape index (κ3) is 3.62. The van der Waals surface area contributed by atoms with E-state index in [0.29, 0.717) is 10.7 Å².